The molecule has 1 saturated heterocycles. The lowest BCUT2D eigenvalue weighted by Crippen LogP contribution is -2.57. The van der Waals surface area contributed by atoms with Crippen molar-refractivity contribution in [3.8, 4) is 11.8 Å². The van der Waals surface area contributed by atoms with Crippen LogP contribution in [0.25, 0.3) is 0 Å². The second kappa shape index (κ2) is 8.97. The van der Waals surface area contributed by atoms with E-state index in [1.807, 2.05) is 0 Å². The van der Waals surface area contributed by atoms with Gasteiger partial charge in [0.25, 0.3) is 11.8 Å². The number of halogens is 1. The quantitative estimate of drug-likeness (QED) is 0.552. The van der Waals surface area contributed by atoms with Crippen LogP contribution in [-0.2, 0) is 19.2 Å². The molecule has 2 aliphatic heterocycles. The van der Waals surface area contributed by atoms with Gasteiger partial charge in [-0.25, -0.2) is 9.37 Å². The summed E-state index contributed by atoms with van der Waals surface area (Å²) in [5.74, 6) is -1.46. The SMILES string of the molecule is C[C@H](NC(=O)C1(F)CC1)C(=O)N(C)[C@@H](CC1CC1)C(=O)N1C[C@@]2(C[C@H]1C#N)Oc1cccnc1NC2=O. The van der Waals surface area contributed by atoms with Gasteiger partial charge in [0.1, 0.15) is 18.1 Å². The molecule has 196 valence electrons. The van der Waals surface area contributed by atoms with Crippen molar-refractivity contribution in [2.24, 2.45) is 5.92 Å². The number of carbonyl (C=O) groups excluding carboxylic acids is 4. The van der Waals surface area contributed by atoms with Crippen LogP contribution in [0.4, 0.5) is 10.2 Å². The molecular formula is C25H29FN6O5. The van der Waals surface area contributed by atoms with E-state index < -0.39 is 53.0 Å². The number of hydrogen-bond acceptors (Lipinski definition) is 7. The fourth-order valence-electron chi connectivity index (χ4n) is 4.97. The van der Waals surface area contributed by atoms with E-state index in [-0.39, 0.29) is 37.5 Å². The molecule has 4 amide bonds. The molecule has 0 bridgehead atoms. The normalized spacial score (nSPS) is 26.7. The minimum absolute atomic E-state index is 0.0335. The number of nitrogens with one attached hydrogen (secondary N) is 2. The minimum atomic E-state index is -1.92. The number of alkyl halides is 1. The van der Waals surface area contributed by atoms with E-state index >= 15 is 0 Å². The number of amides is 4. The highest BCUT2D eigenvalue weighted by molar-refractivity contribution is 6.01. The maximum atomic E-state index is 14.1. The Balaban J connectivity index is 1.34. The lowest BCUT2D eigenvalue weighted by molar-refractivity contribution is -0.147. The maximum absolute atomic E-state index is 14.1. The predicted molar refractivity (Wildman–Crippen MR) is 127 cm³/mol. The predicted octanol–water partition coefficient (Wildman–Crippen LogP) is 0.910. The first-order chi connectivity index (χ1) is 17.6. The molecule has 12 heteroatoms. The lowest BCUT2D eigenvalue weighted by atomic mass is 9.97. The fourth-order valence-corrected chi connectivity index (χ4v) is 4.97. The molecule has 4 atom stereocenters. The van der Waals surface area contributed by atoms with Crippen molar-refractivity contribution in [1.82, 2.24) is 20.1 Å². The van der Waals surface area contributed by atoms with Crippen LogP contribution in [0.3, 0.4) is 0 Å². The first-order valence-corrected chi connectivity index (χ1v) is 12.5. The largest absolute Gasteiger partial charge is 0.472 e. The molecule has 1 aromatic rings. The maximum Gasteiger partial charge on any atom is 0.271 e. The number of ether oxygens (including phenoxy) is 1. The van der Waals surface area contributed by atoms with E-state index in [1.165, 1.54) is 30.0 Å². The zero-order valence-corrected chi connectivity index (χ0v) is 20.7. The highest BCUT2D eigenvalue weighted by atomic mass is 19.1. The smallest absolute Gasteiger partial charge is 0.271 e. The summed E-state index contributed by atoms with van der Waals surface area (Å²) in [4.78, 5) is 58.8. The third-order valence-corrected chi connectivity index (χ3v) is 7.65. The Bertz CT molecular complexity index is 1190. The van der Waals surface area contributed by atoms with Crippen molar-refractivity contribution in [2.75, 3.05) is 18.9 Å². The molecule has 3 fully saturated rings. The molecule has 11 nitrogen and oxygen atoms in total. The number of likely N-dealkylation sites (N-methyl/N-ethyl adjacent to an activating group) is 1. The van der Waals surface area contributed by atoms with Crippen LogP contribution < -0.4 is 15.4 Å². The summed E-state index contributed by atoms with van der Waals surface area (Å²) in [5, 5.41) is 15.0. The molecule has 1 spiro atoms. The number of likely N-dealkylation sites (tertiary alicyclic amines) is 1. The van der Waals surface area contributed by atoms with Gasteiger partial charge in [-0.1, -0.05) is 12.8 Å². The molecule has 0 aromatic carbocycles. The summed E-state index contributed by atoms with van der Waals surface area (Å²) in [6.07, 6.45) is 3.96. The summed E-state index contributed by atoms with van der Waals surface area (Å²) < 4.78 is 20.1. The van der Waals surface area contributed by atoms with Crippen LogP contribution in [0.15, 0.2) is 18.3 Å². The second-order valence-electron chi connectivity index (χ2n) is 10.5. The zero-order valence-electron chi connectivity index (χ0n) is 20.7. The van der Waals surface area contributed by atoms with Gasteiger partial charge in [-0.15, -0.1) is 0 Å². The summed E-state index contributed by atoms with van der Waals surface area (Å²) in [6, 6.07) is 2.52. The zero-order chi connectivity index (χ0) is 26.5. The van der Waals surface area contributed by atoms with Gasteiger partial charge in [0.2, 0.25) is 17.4 Å². The van der Waals surface area contributed by atoms with Crippen LogP contribution in [-0.4, -0.2) is 81.4 Å². The van der Waals surface area contributed by atoms with Gasteiger partial charge in [-0.3, -0.25) is 19.2 Å². The number of hydrogen-bond donors (Lipinski definition) is 2. The molecule has 2 saturated carbocycles. The standard InChI is InChI=1S/C25H29FN6O5/c1-14(29-22(35)24(26)7-8-24)20(33)31(2)17(10-15-5-6-15)21(34)32-13-25(11-16(32)12-27)23(36)30-19-18(37-25)4-3-9-28-19/h3-4,9,14-17H,5-8,10-11,13H2,1-2H3,(H,29,35)(H,28,30,36)/t14-,16-,17-,25+/m0/s1. The summed E-state index contributed by atoms with van der Waals surface area (Å²) in [7, 11) is 1.47. The number of aromatic nitrogens is 1. The molecule has 0 unspecified atom stereocenters. The number of rotatable bonds is 7. The fraction of sp³-hybridized carbons (Fsp3) is 0.600. The molecule has 37 heavy (non-hydrogen) atoms. The molecular weight excluding hydrogens is 483 g/mol. The van der Waals surface area contributed by atoms with Gasteiger partial charge >= 0.3 is 0 Å². The van der Waals surface area contributed by atoms with Gasteiger partial charge in [-0.05, 0) is 44.2 Å². The van der Waals surface area contributed by atoms with E-state index in [1.54, 1.807) is 12.1 Å². The van der Waals surface area contributed by atoms with Crippen LogP contribution >= 0.6 is 0 Å². The Morgan fingerprint density at radius 1 is 1.41 bits per heavy atom. The summed E-state index contributed by atoms with van der Waals surface area (Å²) >= 11 is 0. The van der Waals surface area contributed by atoms with Crippen molar-refractivity contribution in [2.45, 2.75) is 74.8 Å². The summed E-state index contributed by atoms with van der Waals surface area (Å²) in [6.45, 7) is 1.29. The van der Waals surface area contributed by atoms with Crippen LogP contribution in [0.5, 0.6) is 5.75 Å². The third-order valence-electron chi connectivity index (χ3n) is 7.65. The number of nitrogens with zero attached hydrogens (tertiary/aromatic N) is 4. The topological polar surface area (TPSA) is 145 Å². The highest BCUT2D eigenvalue weighted by Gasteiger charge is 2.57. The molecule has 3 heterocycles. The van der Waals surface area contributed by atoms with Crippen molar-refractivity contribution in [3.05, 3.63) is 18.3 Å². The van der Waals surface area contributed by atoms with Crippen molar-refractivity contribution in [1.29, 1.82) is 5.26 Å². The Morgan fingerprint density at radius 3 is 2.78 bits per heavy atom. The van der Waals surface area contributed by atoms with E-state index in [0.717, 1.165) is 12.8 Å². The van der Waals surface area contributed by atoms with Crippen LogP contribution in [0.2, 0.25) is 0 Å². The Hall–Kier alpha value is -3.75. The van der Waals surface area contributed by atoms with E-state index in [9.17, 15) is 28.8 Å². The molecule has 2 N–H and O–H groups in total. The van der Waals surface area contributed by atoms with E-state index in [4.69, 9.17) is 4.74 Å². The van der Waals surface area contributed by atoms with Crippen molar-refractivity contribution < 1.29 is 28.3 Å². The molecule has 4 aliphatic rings. The van der Waals surface area contributed by atoms with Crippen LogP contribution in [0.1, 0.15) is 45.4 Å². The molecule has 2 aliphatic carbocycles. The number of pyridine rings is 1. The van der Waals surface area contributed by atoms with Gasteiger partial charge < -0.3 is 25.2 Å². The third kappa shape index (κ3) is 4.58. The summed E-state index contributed by atoms with van der Waals surface area (Å²) in [5.41, 5.74) is -3.38. The Kier molecular flexibility index (Phi) is 6.04. The lowest BCUT2D eigenvalue weighted by Gasteiger charge is -2.35. The Morgan fingerprint density at radius 2 is 2.14 bits per heavy atom. The molecule has 5 rings (SSSR count). The monoisotopic (exact) mass is 512 g/mol. The number of carbonyl (C=O) groups is 4. The van der Waals surface area contributed by atoms with Gasteiger partial charge in [0.15, 0.2) is 17.2 Å². The van der Waals surface area contributed by atoms with E-state index in [0.29, 0.717) is 12.2 Å². The van der Waals surface area contributed by atoms with Crippen molar-refractivity contribution >= 4 is 29.4 Å². The first-order valence-electron chi connectivity index (χ1n) is 12.5. The Labute approximate surface area is 213 Å². The van der Waals surface area contributed by atoms with Crippen molar-refractivity contribution in [3.63, 3.8) is 0 Å². The highest BCUT2D eigenvalue weighted by Crippen LogP contribution is 2.41. The van der Waals surface area contributed by atoms with Gasteiger partial charge in [0.05, 0.1) is 12.6 Å². The average Bonchev–Trinajstić information content (AvgIpc) is 3.81. The number of nitriles is 1. The first kappa shape index (κ1) is 24.9. The molecule has 0 radical (unpaired) electrons. The van der Waals surface area contributed by atoms with Gasteiger partial charge in [-0.2, -0.15) is 5.26 Å². The average molecular weight is 513 g/mol. The minimum Gasteiger partial charge on any atom is -0.472 e. The second-order valence-corrected chi connectivity index (χ2v) is 10.5. The van der Waals surface area contributed by atoms with E-state index in [2.05, 4.69) is 21.7 Å². The van der Waals surface area contributed by atoms with Gasteiger partial charge in [0, 0.05) is 19.7 Å². The molecule has 1 aromatic heterocycles. The number of fused-ring (bicyclic) bond motifs is 1. The van der Waals surface area contributed by atoms with Crippen LogP contribution in [0, 0.1) is 17.2 Å². The number of anilines is 1.